The van der Waals surface area contributed by atoms with Crippen LogP contribution >= 0.6 is 24.8 Å². The zero-order valence-corrected chi connectivity index (χ0v) is 12.7. The summed E-state index contributed by atoms with van der Waals surface area (Å²) < 4.78 is 0. The monoisotopic (exact) mass is 373 g/mol. The van der Waals surface area contributed by atoms with Crippen LogP contribution in [0.5, 0.6) is 0 Å². The molecule has 0 N–H and O–H groups in total. The van der Waals surface area contributed by atoms with Crippen LogP contribution in [-0.2, 0) is 25.8 Å². The van der Waals surface area contributed by atoms with E-state index in [0.717, 1.165) is 12.8 Å². The van der Waals surface area contributed by atoms with Crippen LogP contribution in [-0.4, -0.2) is 0 Å². The molecule has 0 bridgehead atoms. The van der Waals surface area contributed by atoms with Crippen molar-refractivity contribution in [3.63, 3.8) is 0 Å². The fourth-order valence-corrected chi connectivity index (χ4v) is 1.24. The van der Waals surface area contributed by atoms with Crippen molar-refractivity contribution in [1.29, 1.82) is 0 Å². The van der Waals surface area contributed by atoms with Gasteiger partial charge in [-0.05, 0) is 0 Å². The third-order valence-corrected chi connectivity index (χ3v) is 1.79. The Bertz CT molecular complexity index is 144. The van der Waals surface area contributed by atoms with Crippen LogP contribution in [0.1, 0.15) is 33.1 Å². The molecule has 0 aliphatic heterocycles. The van der Waals surface area contributed by atoms with Crippen LogP contribution in [0, 0.1) is 6.08 Å². The van der Waals surface area contributed by atoms with E-state index in [0.29, 0.717) is 0 Å². The second kappa shape index (κ2) is 10.0. The van der Waals surface area contributed by atoms with Crippen LogP contribution < -0.4 is 0 Å². The van der Waals surface area contributed by atoms with Crippen molar-refractivity contribution in [3.05, 3.63) is 23.3 Å². The predicted molar refractivity (Wildman–Crippen MR) is 54.5 cm³/mol. The number of halogens is 2. The molecule has 0 unspecified atom stereocenters. The molecule has 0 aromatic rings. The first-order chi connectivity index (χ1) is 4.38. The van der Waals surface area contributed by atoms with Crippen molar-refractivity contribution < 1.29 is 25.8 Å². The summed E-state index contributed by atoms with van der Waals surface area (Å²) in [4.78, 5) is 0. The third-order valence-electron chi connectivity index (χ3n) is 1.79. The molecule has 1 aliphatic rings. The van der Waals surface area contributed by atoms with Crippen LogP contribution in [0.25, 0.3) is 0 Å². The van der Waals surface area contributed by atoms with Gasteiger partial charge in [0.1, 0.15) is 0 Å². The Labute approximate surface area is 106 Å². The predicted octanol–water partition coefficient (Wildman–Crippen LogP) is 3.71. The van der Waals surface area contributed by atoms with E-state index in [9.17, 15) is 0 Å². The molecule has 1 aliphatic carbocycles. The first-order valence-corrected chi connectivity index (χ1v) is 3.67. The smallest absolute Gasteiger partial charge is 0 e. The summed E-state index contributed by atoms with van der Waals surface area (Å²) in [6.07, 6.45) is 8.99. The Morgan fingerprint density at radius 2 is 1.83 bits per heavy atom. The van der Waals surface area contributed by atoms with E-state index in [4.69, 9.17) is 0 Å². The maximum Gasteiger partial charge on any atom is 0 e. The molecule has 3 heteroatoms. The number of hydrogen-bond donors (Lipinski definition) is 0. The topological polar surface area (TPSA) is 0 Å². The van der Waals surface area contributed by atoms with Crippen molar-refractivity contribution in [3.8, 4) is 0 Å². The van der Waals surface area contributed by atoms with Gasteiger partial charge in [-0.1, -0.05) is 26.7 Å². The fourth-order valence-electron chi connectivity index (χ4n) is 1.24. The number of allylic oxidation sites excluding steroid dienone is 4. The largest absolute Gasteiger partial charge is 0.269 e. The maximum atomic E-state index is 3.33. The van der Waals surface area contributed by atoms with E-state index < -0.39 is 0 Å². The van der Waals surface area contributed by atoms with E-state index in [1.807, 2.05) is 0 Å². The summed E-state index contributed by atoms with van der Waals surface area (Å²) >= 11 is 0. The van der Waals surface area contributed by atoms with Gasteiger partial charge in [0, 0.05) is 25.8 Å². The fraction of sp³-hybridized carbons (Fsp3) is 0.556. The molecule has 0 atom stereocenters. The molecule has 0 spiro atoms. The Kier molecular flexibility index (Phi) is 15.6. The second-order valence-corrected chi connectivity index (χ2v) is 2.30. The summed E-state index contributed by atoms with van der Waals surface area (Å²) in [6, 6.07) is 0. The van der Waals surface area contributed by atoms with Crippen molar-refractivity contribution in [2.45, 2.75) is 33.1 Å². The van der Waals surface area contributed by atoms with E-state index in [1.165, 1.54) is 17.6 Å². The minimum atomic E-state index is 0. The van der Waals surface area contributed by atoms with Gasteiger partial charge in [0.15, 0.2) is 0 Å². The zero-order valence-electron chi connectivity index (χ0n) is 7.52. The van der Waals surface area contributed by atoms with E-state index in [1.54, 1.807) is 0 Å². The van der Waals surface area contributed by atoms with E-state index in [-0.39, 0.29) is 50.7 Å². The van der Waals surface area contributed by atoms with Crippen LogP contribution in [0.2, 0.25) is 0 Å². The van der Waals surface area contributed by atoms with Crippen LogP contribution in [0.4, 0.5) is 0 Å². The molecular weight excluding hydrogens is 357 g/mol. The molecule has 0 saturated carbocycles. The average molecular weight is 373 g/mol. The first kappa shape index (κ1) is 18.7. The summed E-state index contributed by atoms with van der Waals surface area (Å²) in [5.74, 6) is 0. The summed E-state index contributed by atoms with van der Waals surface area (Å²) in [5, 5.41) is 0. The Balaban J connectivity index is -0.000000270. The van der Waals surface area contributed by atoms with Crippen LogP contribution in [0.15, 0.2) is 17.2 Å². The van der Waals surface area contributed by atoms with Crippen molar-refractivity contribution >= 4 is 24.8 Å². The first-order valence-electron chi connectivity index (χ1n) is 3.67. The van der Waals surface area contributed by atoms with Gasteiger partial charge in [0.2, 0.25) is 0 Å². The quantitative estimate of drug-likeness (QED) is 0.512. The standard InChI is InChI=1S/C9H13.2ClH.Hf/c1-3-8-6-5-7-9(8)4-2;;;/h6H,3-5H2,1-2H3;2*1H;/q-1;;;. The van der Waals surface area contributed by atoms with Crippen LogP contribution in [0.3, 0.4) is 0 Å². The van der Waals surface area contributed by atoms with Gasteiger partial charge in [0.25, 0.3) is 0 Å². The van der Waals surface area contributed by atoms with E-state index >= 15 is 0 Å². The average Bonchev–Trinajstić information content (AvgIpc) is 2.33. The molecule has 70 valence electrons. The van der Waals surface area contributed by atoms with E-state index in [2.05, 4.69) is 26.0 Å². The Hall–Kier alpha value is 0.930. The normalized spacial score (nSPS) is 13.2. The number of rotatable bonds is 2. The molecule has 0 aromatic carbocycles. The van der Waals surface area contributed by atoms with Gasteiger partial charge in [-0.15, -0.1) is 31.2 Å². The van der Waals surface area contributed by atoms with Gasteiger partial charge in [-0.3, -0.25) is 6.08 Å². The Morgan fingerprint density at radius 1 is 1.25 bits per heavy atom. The van der Waals surface area contributed by atoms with Crippen molar-refractivity contribution in [2.24, 2.45) is 0 Å². The molecule has 0 radical (unpaired) electrons. The van der Waals surface area contributed by atoms with Gasteiger partial charge in [-0.25, -0.2) is 5.57 Å². The summed E-state index contributed by atoms with van der Waals surface area (Å²) in [6.45, 7) is 4.39. The summed E-state index contributed by atoms with van der Waals surface area (Å²) in [7, 11) is 0. The van der Waals surface area contributed by atoms with Crippen molar-refractivity contribution in [1.82, 2.24) is 0 Å². The molecule has 0 heterocycles. The molecule has 0 fully saturated rings. The molecule has 1 rings (SSSR count). The molecule has 0 saturated heterocycles. The van der Waals surface area contributed by atoms with Gasteiger partial charge >= 0.3 is 0 Å². The molecule has 0 amide bonds. The summed E-state index contributed by atoms with van der Waals surface area (Å²) in [5.41, 5.74) is 2.95. The minimum absolute atomic E-state index is 0. The minimum Gasteiger partial charge on any atom is -0.269 e. The van der Waals surface area contributed by atoms with Gasteiger partial charge in [0.05, 0.1) is 0 Å². The Morgan fingerprint density at radius 3 is 2.17 bits per heavy atom. The van der Waals surface area contributed by atoms with Gasteiger partial charge < -0.3 is 0 Å². The zero-order chi connectivity index (χ0) is 6.69. The molecule has 12 heavy (non-hydrogen) atoms. The second-order valence-electron chi connectivity index (χ2n) is 2.30. The molecular formula is C9H15Cl2Hf-. The van der Waals surface area contributed by atoms with Crippen molar-refractivity contribution in [2.75, 3.05) is 0 Å². The molecule has 0 nitrogen and oxygen atoms in total. The third kappa shape index (κ3) is 4.84. The maximum absolute atomic E-state index is 3.33. The van der Waals surface area contributed by atoms with Gasteiger partial charge in [-0.2, -0.15) is 11.6 Å². The number of hydrogen-bond acceptors (Lipinski definition) is 0. The SMILES string of the molecule is CCC1=[C-]CC=C1CC.Cl.Cl.[Hf]. The molecule has 0 aromatic heterocycles.